The van der Waals surface area contributed by atoms with Gasteiger partial charge in [0.15, 0.2) is 0 Å². The minimum Gasteiger partial charge on any atom is -0.497 e. The Bertz CT molecular complexity index is 761. The number of likely N-dealkylation sites (N-methyl/N-ethyl adjacent to an activating group) is 1. The van der Waals surface area contributed by atoms with Gasteiger partial charge in [-0.05, 0) is 36.2 Å². The molecule has 2 aromatic rings. The van der Waals surface area contributed by atoms with E-state index in [0.717, 1.165) is 29.2 Å². The molecular weight excluding hydrogens is 298 g/mol. The highest BCUT2D eigenvalue weighted by molar-refractivity contribution is 5.67. The Morgan fingerprint density at radius 2 is 1.88 bits per heavy atom. The minimum absolute atomic E-state index is 0.0401. The van der Waals surface area contributed by atoms with Crippen molar-refractivity contribution in [1.29, 1.82) is 5.26 Å². The summed E-state index contributed by atoms with van der Waals surface area (Å²) < 4.78 is 5.37. The minimum atomic E-state index is -0.170. The Balaban J connectivity index is 2.05. The molecule has 0 aromatic heterocycles. The molecule has 0 aliphatic carbocycles. The fraction of sp³-hybridized carbons (Fsp3) is 0.350. The van der Waals surface area contributed by atoms with Crippen LogP contribution in [0.25, 0.3) is 0 Å². The lowest BCUT2D eigenvalue weighted by Crippen LogP contribution is -2.26. The highest BCUT2D eigenvalue weighted by Crippen LogP contribution is 2.49. The van der Waals surface area contributed by atoms with Gasteiger partial charge < -0.3 is 14.5 Å². The predicted molar refractivity (Wildman–Crippen MR) is 97.9 cm³/mol. The zero-order chi connectivity index (χ0) is 17.3. The monoisotopic (exact) mass is 321 g/mol. The van der Waals surface area contributed by atoms with E-state index in [4.69, 9.17) is 4.74 Å². The third-order valence-corrected chi connectivity index (χ3v) is 4.76. The van der Waals surface area contributed by atoms with Crippen LogP contribution < -0.4 is 14.5 Å². The molecule has 4 heteroatoms. The molecule has 124 valence electrons. The lowest BCUT2D eigenvalue weighted by molar-refractivity contribution is 0.415. The predicted octanol–water partition coefficient (Wildman–Crippen LogP) is 3.95. The van der Waals surface area contributed by atoms with E-state index in [9.17, 15) is 5.26 Å². The first kappa shape index (κ1) is 16.2. The summed E-state index contributed by atoms with van der Waals surface area (Å²) in [5.74, 6) is 0.656. The summed E-state index contributed by atoms with van der Waals surface area (Å²) in [6.45, 7) is 2.97. The molecule has 0 bridgehead atoms. The third-order valence-electron chi connectivity index (χ3n) is 4.76. The zero-order valence-corrected chi connectivity index (χ0v) is 14.7. The normalized spacial score (nSPS) is 18.9. The maximum absolute atomic E-state index is 9.81. The SMILES string of the molecule is CCN1c2cc(OC)ccc2C(C#N)C1c1ccc(N(C)C)cc1. The fourth-order valence-electron chi connectivity index (χ4n) is 3.51. The van der Waals surface area contributed by atoms with Crippen LogP contribution >= 0.6 is 0 Å². The number of hydrogen-bond acceptors (Lipinski definition) is 4. The standard InChI is InChI=1S/C20H23N3O/c1-5-23-19-12-16(24-4)10-11-17(19)18(13-21)20(23)14-6-8-15(9-7-14)22(2)3/h6-12,18,20H,5H2,1-4H3. The van der Waals surface area contributed by atoms with Crippen molar-refractivity contribution in [1.82, 2.24) is 0 Å². The summed E-state index contributed by atoms with van der Waals surface area (Å²) in [5, 5.41) is 9.81. The molecular formula is C20H23N3O. The van der Waals surface area contributed by atoms with Crippen molar-refractivity contribution < 1.29 is 4.74 Å². The molecule has 24 heavy (non-hydrogen) atoms. The molecule has 1 aliphatic heterocycles. The summed E-state index contributed by atoms with van der Waals surface area (Å²) in [6, 6.07) is 17.1. The van der Waals surface area contributed by atoms with Gasteiger partial charge in [-0.25, -0.2) is 0 Å². The van der Waals surface area contributed by atoms with Crippen molar-refractivity contribution in [3.63, 3.8) is 0 Å². The number of methoxy groups -OCH3 is 1. The van der Waals surface area contributed by atoms with Gasteiger partial charge in [-0.3, -0.25) is 0 Å². The van der Waals surface area contributed by atoms with E-state index in [0.29, 0.717) is 0 Å². The van der Waals surface area contributed by atoms with Crippen LogP contribution in [0.15, 0.2) is 42.5 Å². The molecule has 0 saturated carbocycles. The second-order valence-corrected chi connectivity index (χ2v) is 6.25. The first-order valence-corrected chi connectivity index (χ1v) is 8.22. The number of hydrogen-bond donors (Lipinski definition) is 0. The van der Waals surface area contributed by atoms with E-state index in [1.807, 2.05) is 32.3 Å². The first-order chi connectivity index (χ1) is 11.6. The molecule has 1 heterocycles. The number of nitrogens with zero attached hydrogens (tertiary/aromatic N) is 3. The molecule has 2 atom stereocenters. The Kier molecular flexibility index (Phi) is 4.35. The summed E-state index contributed by atoms with van der Waals surface area (Å²) >= 11 is 0. The second kappa shape index (κ2) is 6.45. The number of benzene rings is 2. The average molecular weight is 321 g/mol. The van der Waals surface area contributed by atoms with Gasteiger partial charge in [0.1, 0.15) is 5.75 Å². The van der Waals surface area contributed by atoms with E-state index in [1.54, 1.807) is 7.11 Å². The average Bonchev–Trinajstić information content (AvgIpc) is 2.94. The Morgan fingerprint density at radius 3 is 2.42 bits per heavy atom. The summed E-state index contributed by atoms with van der Waals surface area (Å²) in [7, 11) is 5.73. The van der Waals surface area contributed by atoms with Gasteiger partial charge in [-0.1, -0.05) is 18.2 Å². The third kappa shape index (κ3) is 2.56. The Hall–Kier alpha value is -2.67. The molecule has 2 aromatic carbocycles. The molecule has 3 rings (SSSR count). The lowest BCUT2D eigenvalue weighted by Gasteiger charge is -2.28. The highest BCUT2D eigenvalue weighted by atomic mass is 16.5. The van der Waals surface area contributed by atoms with Crippen molar-refractivity contribution >= 4 is 11.4 Å². The van der Waals surface area contributed by atoms with Crippen molar-refractivity contribution in [2.24, 2.45) is 0 Å². The zero-order valence-electron chi connectivity index (χ0n) is 14.7. The smallest absolute Gasteiger partial charge is 0.120 e. The number of fused-ring (bicyclic) bond motifs is 1. The summed E-state index contributed by atoms with van der Waals surface area (Å²) in [4.78, 5) is 4.38. The van der Waals surface area contributed by atoms with Crippen LogP contribution in [-0.2, 0) is 0 Å². The lowest BCUT2D eigenvalue weighted by atomic mass is 9.91. The van der Waals surface area contributed by atoms with Gasteiger partial charge in [0, 0.05) is 38.1 Å². The van der Waals surface area contributed by atoms with E-state index in [-0.39, 0.29) is 12.0 Å². The van der Waals surface area contributed by atoms with Crippen molar-refractivity contribution in [3.05, 3.63) is 53.6 Å². The number of nitriles is 1. The number of rotatable bonds is 4. The van der Waals surface area contributed by atoms with E-state index in [1.165, 1.54) is 5.56 Å². The molecule has 1 aliphatic rings. The van der Waals surface area contributed by atoms with Gasteiger partial charge in [0.2, 0.25) is 0 Å². The van der Waals surface area contributed by atoms with Gasteiger partial charge in [0.25, 0.3) is 0 Å². The fourth-order valence-corrected chi connectivity index (χ4v) is 3.51. The van der Waals surface area contributed by atoms with Crippen molar-refractivity contribution in [3.8, 4) is 11.8 Å². The van der Waals surface area contributed by atoms with Crippen LogP contribution in [0.2, 0.25) is 0 Å². The van der Waals surface area contributed by atoms with E-state index in [2.05, 4.69) is 47.1 Å². The van der Waals surface area contributed by atoms with Crippen LogP contribution in [0.1, 0.15) is 30.0 Å². The van der Waals surface area contributed by atoms with Gasteiger partial charge in [0.05, 0.1) is 25.1 Å². The molecule has 2 unspecified atom stereocenters. The first-order valence-electron chi connectivity index (χ1n) is 8.22. The number of ether oxygens (including phenoxy) is 1. The van der Waals surface area contributed by atoms with Gasteiger partial charge in [-0.15, -0.1) is 0 Å². The molecule has 4 nitrogen and oxygen atoms in total. The maximum atomic E-state index is 9.81. The van der Waals surface area contributed by atoms with Crippen LogP contribution in [0.3, 0.4) is 0 Å². The topological polar surface area (TPSA) is 39.5 Å². The molecule has 0 N–H and O–H groups in total. The van der Waals surface area contributed by atoms with Gasteiger partial charge in [-0.2, -0.15) is 5.26 Å². The number of anilines is 2. The Labute approximate surface area is 143 Å². The molecule has 0 fully saturated rings. The highest BCUT2D eigenvalue weighted by Gasteiger charge is 2.39. The van der Waals surface area contributed by atoms with Gasteiger partial charge >= 0.3 is 0 Å². The van der Waals surface area contributed by atoms with Crippen molar-refractivity contribution in [2.75, 3.05) is 37.5 Å². The van der Waals surface area contributed by atoms with Crippen LogP contribution in [-0.4, -0.2) is 27.7 Å². The van der Waals surface area contributed by atoms with E-state index < -0.39 is 0 Å². The van der Waals surface area contributed by atoms with Crippen LogP contribution in [0, 0.1) is 11.3 Å². The maximum Gasteiger partial charge on any atom is 0.120 e. The summed E-state index contributed by atoms with van der Waals surface area (Å²) in [6.07, 6.45) is 0. The second-order valence-electron chi connectivity index (χ2n) is 6.25. The van der Waals surface area contributed by atoms with E-state index >= 15 is 0 Å². The van der Waals surface area contributed by atoms with Crippen LogP contribution in [0.5, 0.6) is 5.75 Å². The molecule has 0 spiro atoms. The quantitative estimate of drug-likeness (QED) is 0.855. The molecule has 0 radical (unpaired) electrons. The molecule has 0 saturated heterocycles. The van der Waals surface area contributed by atoms with Crippen molar-refractivity contribution in [2.45, 2.75) is 18.9 Å². The Morgan fingerprint density at radius 1 is 1.17 bits per heavy atom. The molecule has 0 amide bonds. The summed E-state index contributed by atoms with van der Waals surface area (Å²) in [5.41, 5.74) is 4.52. The largest absolute Gasteiger partial charge is 0.497 e. The van der Waals surface area contributed by atoms with Crippen LogP contribution in [0.4, 0.5) is 11.4 Å².